The van der Waals surface area contributed by atoms with Gasteiger partial charge in [0, 0.05) is 12.1 Å². The molecule has 2 rings (SSSR count). The first-order valence-corrected chi connectivity index (χ1v) is 7.51. The summed E-state index contributed by atoms with van der Waals surface area (Å²) in [6.45, 7) is 6.36. The fourth-order valence-corrected chi connectivity index (χ4v) is 2.49. The molecule has 110 valence electrons. The molecule has 0 heterocycles. The quantitative estimate of drug-likeness (QED) is 0.826. The van der Waals surface area contributed by atoms with Crippen LogP contribution in [0.2, 0.25) is 0 Å². The van der Waals surface area contributed by atoms with Gasteiger partial charge < -0.3 is 5.32 Å². The first-order chi connectivity index (χ1) is 10.1. The standard InChI is InChI=1S/C19H23NO/c1-14(2)17-11-7-8-12-18(17)20-19(21)13-15(3)16-9-5-4-6-10-16/h4-12,14-15H,13H2,1-3H3,(H,20,21)/t15-/m1/s1. The van der Waals surface area contributed by atoms with Crippen LogP contribution in [-0.4, -0.2) is 5.91 Å². The molecule has 0 aliphatic carbocycles. The number of hydrogen-bond acceptors (Lipinski definition) is 1. The van der Waals surface area contributed by atoms with Gasteiger partial charge in [0.25, 0.3) is 0 Å². The minimum atomic E-state index is 0.0689. The smallest absolute Gasteiger partial charge is 0.224 e. The average molecular weight is 281 g/mol. The average Bonchev–Trinajstić information content (AvgIpc) is 2.48. The van der Waals surface area contributed by atoms with Crippen molar-refractivity contribution in [1.29, 1.82) is 0 Å². The van der Waals surface area contributed by atoms with Crippen LogP contribution in [0, 0.1) is 0 Å². The van der Waals surface area contributed by atoms with Crippen LogP contribution in [0.1, 0.15) is 50.2 Å². The van der Waals surface area contributed by atoms with E-state index in [1.54, 1.807) is 0 Å². The Kier molecular flexibility index (Phi) is 5.15. The highest BCUT2D eigenvalue weighted by atomic mass is 16.1. The SMILES string of the molecule is CC(C)c1ccccc1NC(=O)C[C@@H](C)c1ccccc1. The molecule has 0 aromatic heterocycles. The minimum absolute atomic E-state index is 0.0689. The molecule has 2 aromatic rings. The van der Waals surface area contributed by atoms with Crippen molar-refractivity contribution >= 4 is 11.6 Å². The normalized spacial score (nSPS) is 12.2. The van der Waals surface area contributed by atoms with E-state index in [-0.39, 0.29) is 11.8 Å². The van der Waals surface area contributed by atoms with Crippen LogP contribution in [0.4, 0.5) is 5.69 Å². The Hall–Kier alpha value is -2.09. The van der Waals surface area contributed by atoms with Crippen LogP contribution in [0.3, 0.4) is 0 Å². The molecule has 1 amide bonds. The third kappa shape index (κ3) is 4.19. The lowest BCUT2D eigenvalue weighted by atomic mass is 9.97. The Morgan fingerprint density at radius 1 is 0.952 bits per heavy atom. The molecule has 0 saturated heterocycles. The van der Waals surface area contributed by atoms with Gasteiger partial charge in [0.1, 0.15) is 0 Å². The van der Waals surface area contributed by atoms with Gasteiger partial charge in [-0.1, -0.05) is 69.3 Å². The van der Waals surface area contributed by atoms with E-state index >= 15 is 0 Å². The molecule has 1 atom stereocenters. The van der Waals surface area contributed by atoms with E-state index in [4.69, 9.17) is 0 Å². The maximum atomic E-state index is 12.3. The highest BCUT2D eigenvalue weighted by molar-refractivity contribution is 5.92. The molecule has 0 unspecified atom stereocenters. The van der Waals surface area contributed by atoms with Crippen LogP contribution >= 0.6 is 0 Å². The van der Waals surface area contributed by atoms with Gasteiger partial charge in [-0.05, 0) is 29.0 Å². The zero-order chi connectivity index (χ0) is 15.2. The van der Waals surface area contributed by atoms with Gasteiger partial charge in [-0.3, -0.25) is 4.79 Å². The molecule has 2 aromatic carbocycles. The highest BCUT2D eigenvalue weighted by Gasteiger charge is 2.13. The van der Waals surface area contributed by atoms with Gasteiger partial charge in [-0.2, -0.15) is 0 Å². The maximum absolute atomic E-state index is 12.3. The largest absolute Gasteiger partial charge is 0.326 e. The van der Waals surface area contributed by atoms with Crippen molar-refractivity contribution in [2.75, 3.05) is 5.32 Å². The maximum Gasteiger partial charge on any atom is 0.224 e. The Balaban J connectivity index is 2.02. The summed E-state index contributed by atoms with van der Waals surface area (Å²) in [5.41, 5.74) is 3.31. The van der Waals surface area contributed by atoms with E-state index in [0.717, 1.165) is 5.69 Å². The van der Waals surface area contributed by atoms with Crippen molar-refractivity contribution in [3.63, 3.8) is 0 Å². The zero-order valence-corrected chi connectivity index (χ0v) is 13.0. The van der Waals surface area contributed by atoms with E-state index in [0.29, 0.717) is 12.3 Å². The molecule has 0 aliphatic rings. The van der Waals surface area contributed by atoms with Crippen LogP contribution < -0.4 is 5.32 Å². The second-order valence-corrected chi connectivity index (χ2v) is 5.81. The van der Waals surface area contributed by atoms with E-state index in [1.165, 1.54) is 11.1 Å². The molecule has 0 radical (unpaired) electrons. The van der Waals surface area contributed by atoms with Crippen LogP contribution in [0.5, 0.6) is 0 Å². The first-order valence-electron chi connectivity index (χ1n) is 7.51. The topological polar surface area (TPSA) is 29.1 Å². The number of nitrogens with one attached hydrogen (secondary N) is 1. The predicted molar refractivity (Wildman–Crippen MR) is 88.6 cm³/mol. The molecule has 21 heavy (non-hydrogen) atoms. The summed E-state index contributed by atoms with van der Waals surface area (Å²) >= 11 is 0. The summed E-state index contributed by atoms with van der Waals surface area (Å²) in [6, 6.07) is 18.2. The van der Waals surface area contributed by atoms with E-state index in [1.807, 2.05) is 36.4 Å². The molecule has 0 aliphatic heterocycles. The minimum Gasteiger partial charge on any atom is -0.326 e. The van der Waals surface area contributed by atoms with Crippen molar-refractivity contribution in [3.8, 4) is 0 Å². The predicted octanol–water partition coefficient (Wildman–Crippen LogP) is 4.94. The van der Waals surface area contributed by atoms with Crippen molar-refractivity contribution in [1.82, 2.24) is 0 Å². The van der Waals surface area contributed by atoms with Crippen LogP contribution in [0.15, 0.2) is 54.6 Å². The van der Waals surface area contributed by atoms with Crippen molar-refractivity contribution in [2.45, 2.75) is 39.0 Å². The number of carbonyl (C=O) groups excluding carboxylic acids is 1. The molecule has 0 fully saturated rings. The summed E-state index contributed by atoms with van der Waals surface area (Å²) in [5.74, 6) is 0.685. The number of rotatable bonds is 5. The second kappa shape index (κ2) is 7.07. The number of carbonyl (C=O) groups is 1. The molecule has 0 saturated carbocycles. The summed E-state index contributed by atoms with van der Waals surface area (Å²) in [4.78, 5) is 12.3. The molecule has 1 N–H and O–H groups in total. The molecular formula is C19H23NO. The zero-order valence-electron chi connectivity index (χ0n) is 13.0. The number of para-hydroxylation sites is 1. The number of anilines is 1. The van der Waals surface area contributed by atoms with Gasteiger partial charge in [-0.25, -0.2) is 0 Å². The fraction of sp³-hybridized carbons (Fsp3) is 0.316. The summed E-state index contributed by atoms with van der Waals surface area (Å²) in [6.07, 6.45) is 0.496. The summed E-state index contributed by atoms with van der Waals surface area (Å²) in [5, 5.41) is 3.05. The van der Waals surface area contributed by atoms with Crippen molar-refractivity contribution in [3.05, 3.63) is 65.7 Å². The molecule has 0 spiro atoms. The third-order valence-corrected chi connectivity index (χ3v) is 3.72. The van der Waals surface area contributed by atoms with E-state index in [2.05, 4.69) is 44.3 Å². The number of hydrogen-bond donors (Lipinski definition) is 1. The molecular weight excluding hydrogens is 258 g/mol. The first kappa shape index (κ1) is 15.3. The molecule has 2 heteroatoms. The summed E-state index contributed by atoms with van der Waals surface area (Å²) < 4.78 is 0. The third-order valence-electron chi connectivity index (χ3n) is 3.72. The fourth-order valence-electron chi connectivity index (χ4n) is 2.49. The Morgan fingerprint density at radius 2 is 1.57 bits per heavy atom. The lowest BCUT2D eigenvalue weighted by molar-refractivity contribution is -0.116. The number of benzene rings is 2. The van der Waals surface area contributed by atoms with Gasteiger partial charge in [0.2, 0.25) is 5.91 Å². The van der Waals surface area contributed by atoms with Crippen molar-refractivity contribution in [2.24, 2.45) is 0 Å². The van der Waals surface area contributed by atoms with E-state index < -0.39 is 0 Å². The van der Waals surface area contributed by atoms with E-state index in [9.17, 15) is 4.79 Å². The Labute approximate surface area is 127 Å². The van der Waals surface area contributed by atoms with Gasteiger partial charge >= 0.3 is 0 Å². The number of amides is 1. The molecule has 0 bridgehead atoms. The lowest BCUT2D eigenvalue weighted by Crippen LogP contribution is -2.15. The monoisotopic (exact) mass is 281 g/mol. The highest BCUT2D eigenvalue weighted by Crippen LogP contribution is 2.25. The van der Waals surface area contributed by atoms with Crippen molar-refractivity contribution < 1.29 is 4.79 Å². The Morgan fingerprint density at radius 3 is 2.24 bits per heavy atom. The van der Waals surface area contributed by atoms with Gasteiger partial charge in [0.05, 0.1) is 0 Å². The Bertz CT molecular complexity index is 590. The summed E-state index contributed by atoms with van der Waals surface area (Å²) in [7, 11) is 0. The van der Waals surface area contributed by atoms with Gasteiger partial charge in [-0.15, -0.1) is 0 Å². The lowest BCUT2D eigenvalue weighted by Gasteiger charge is -2.15. The van der Waals surface area contributed by atoms with Crippen LogP contribution in [-0.2, 0) is 4.79 Å². The second-order valence-electron chi connectivity index (χ2n) is 5.81. The molecule has 2 nitrogen and oxygen atoms in total. The van der Waals surface area contributed by atoms with Crippen LogP contribution in [0.25, 0.3) is 0 Å². The van der Waals surface area contributed by atoms with Gasteiger partial charge in [0.15, 0.2) is 0 Å².